The summed E-state index contributed by atoms with van der Waals surface area (Å²) >= 11 is 0. The standard InChI is InChI=1S/C13H17F2N3O.C3H4N2/c1-10(18-8-5-13(14,15)6-9-18)12(19)17-11-4-2-3-7-16-11;1-2-4-5-3-1/h2-4,7,10H,5-6,8-9H2,1H3,(H,16,17,19);1-3H,(H,4,5). The van der Waals surface area contributed by atoms with E-state index in [9.17, 15) is 13.6 Å². The first kappa shape index (κ1) is 18.0. The molecule has 8 heteroatoms. The third-order valence-corrected chi connectivity index (χ3v) is 3.78. The van der Waals surface area contributed by atoms with Crippen molar-refractivity contribution in [3.8, 4) is 0 Å². The van der Waals surface area contributed by atoms with Gasteiger partial charge < -0.3 is 5.32 Å². The summed E-state index contributed by atoms with van der Waals surface area (Å²) in [6.45, 7) is 2.20. The highest BCUT2D eigenvalue weighted by atomic mass is 19.3. The molecule has 0 bridgehead atoms. The summed E-state index contributed by atoms with van der Waals surface area (Å²) in [5.74, 6) is -2.33. The lowest BCUT2D eigenvalue weighted by Crippen LogP contribution is -2.48. The van der Waals surface area contributed by atoms with Gasteiger partial charge in [0.15, 0.2) is 0 Å². The minimum atomic E-state index is -2.59. The van der Waals surface area contributed by atoms with Gasteiger partial charge in [-0.25, -0.2) is 13.8 Å². The van der Waals surface area contributed by atoms with E-state index in [1.807, 2.05) is 6.07 Å². The molecule has 0 spiro atoms. The summed E-state index contributed by atoms with van der Waals surface area (Å²) in [5, 5.41) is 8.89. The molecular formula is C16H21F2N5O. The monoisotopic (exact) mass is 337 g/mol. The topological polar surface area (TPSA) is 73.9 Å². The van der Waals surface area contributed by atoms with Gasteiger partial charge in [-0.3, -0.25) is 14.8 Å². The summed E-state index contributed by atoms with van der Waals surface area (Å²) in [7, 11) is 0. The van der Waals surface area contributed by atoms with Crippen LogP contribution in [0.2, 0.25) is 0 Å². The van der Waals surface area contributed by atoms with E-state index in [1.54, 1.807) is 48.6 Å². The van der Waals surface area contributed by atoms with E-state index in [1.165, 1.54) is 0 Å². The van der Waals surface area contributed by atoms with E-state index in [0.29, 0.717) is 5.82 Å². The van der Waals surface area contributed by atoms with Crippen LogP contribution < -0.4 is 5.32 Å². The fraction of sp³-hybridized carbons (Fsp3) is 0.438. The lowest BCUT2D eigenvalue weighted by Gasteiger charge is -2.34. The maximum Gasteiger partial charge on any atom is 0.250 e. The van der Waals surface area contributed by atoms with Gasteiger partial charge in [0, 0.05) is 44.5 Å². The largest absolute Gasteiger partial charge is 0.309 e. The number of hydrogen-bond donors (Lipinski definition) is 2. The maximum atomic E-state index is 13.1. The SMILES string of the molecule is CC(C(=O)Nc1ccccn1)N1CCC(F)(F)CC1.c1cn[nH]c1. The Balaban J connectivity index is 0.000000355. The summed E-state index contributed by atoms with van der Waals surface area (Å²) < 4.78 is 26.1. The van der Waals surface area contributed by atoms with Crippen LogP contribution in [0.15, 0.2) is 42.9 Å². The first-order chi connectivity index (χ1) is 11.5. The Kier molecular flexibility index (Phi) is 6.36. The number of nitrogens with zero attached hydrogens (tertiary/aromatic N) is 3. The molecular weight excluding hydrogens is 316 g/mol. The number of piperidine rings is 1. The molecule has 0 aromatic carbocycles. The Morgan fingerprint density at radius 2 is 2.04 bits per heavy atom. The second-order valence-corrected chi connectivity index (χ2v) is 5.54. The Morgan fingerprint density at radius 3 is 2.54 bits per heavy atom. The zero-order valence-electron chi connectivity index (χ0n) is 13.5. The Hall–Kier alpha value is -2.35. The lowest BCUT2D eigenvalue weighted by molar-refractivity contribution is -0.124. The summed E-state index contributed by atoms with van der Waals surface area (Å²) in [6.07, 6.45) is 4.67. The number of rotatable bonds is 3. The van der Waals surface area contributed by atoms with Crippen LogP contribution in [0.3, 0.4) is 0 Å². The van der Waals surface area contributed by atoms with Crippen LogP contribution in [0.25, 0.3) is 0 Å². The second-order valence-electron chi connectivity index (χ2n) is 5.54. The molecule has 6 nitrogen and oxygen atoms in total. The number of likely N-dealkylation sites (tertiary alicyclic amines) is 1. The van der Waals surface area contributed by atoms with Gasteiger partial charge in [-0.05, 0) is 25.1 Å². The fourth-order valence-corrected chi connectivity index (χ4v) is 2.29. The average molecular weight is 337 g/mol. The number of anilines is 1. The van der Waals surface area contributed by atoms with Crippen molar-refractivity contribution >= 4 is 11.7 Å². The molecule has 0 saturated carbocycles. The highest BCUT2D eigenvalue weighted by molar-refractivity contribution is 5.93. The predicted octanol–water partition coefficient (Wildman–Crippen LogP) is 2.55. The number of aromatic amines is 1. The maximum absolute atomic E-state index is 13.1. The van der Waals surface area contributed by atoms with Crippen molar-refractivity contribution in [2.75, 3.05) is 18.4 Å². The van der Waals surface area contributed by atoms with Gasteiger partial charge in [0.1, 0.15) is 5.82 Å². The van der Waals surface area contributed by atoms with Crippen molar-refractivity contribution < 1.29 is 13.6 Å². The van der Waals surface area contributed by atoms with Crippen molar-refractivity contribution in [1.82, 2.24) is 20.1 Å². The van der Waals surface area contributed by atoms with E-state index in [4.69, 9.17) is 0 Å². The first-order valence-corrected chi connectivity index (χ1v) is 7.75. The molecule has 3 rings (SSSR count). The summed E-state index contributed by atoms with van der Waals surface area (Å²) in [6, 6.07) is 6.62. The number of H-pyrrole nitrogens is 1. The fourth-order valence-electron chi connectivity index (χ4n) is 2.29. The number of amides is 1. The molecule has 2 N–H and O–H groups in total. The molecule has 130 valence electrons. The molecule has 1 aliphatic rings. The van der Waals surface area contributed by atoms with Gasteiger partial charge in [-0.15, -0.1) is 0 Å². The number of alkyl halides is 2. The molecule has 3 heterocycles. The zero-order chi connectivity index (χ0) is 17.4. The molecule has 2 aromatic rings. The minimum Gasteiger partial charge on any atom is -0.309 e. The molecule has 1 saturated heterocycles. The van der Waals surface area contributed by atoms with Crippen LogP contribution in [0.1, 0.15) is 19.8 Å². The molecule has 1 unspecified atom stereocenters. The number of hydrogen-bond acceptors (Lipinski definition) is 4. The van der Waals surface area contributed by atoms with Gasteiger partial charge in [-0.1, -0.05) is 6.07 Å². The highest BCUT2D eigenvalue weighted by Crippen LogP contribution is 2.28. The van der Waals surface area contributed by atoms with Crippen molar-refractivity contribution in [2.45, 2.75) is 31.7 Å². The average Bonchev–Trinajstić information content (AvgIpc) is 3.15. The molecule has 0 radical (unpaired) electrons. The van der Waals surface area contributed by atoms with E-state index >= 15 is 0 Å². The second kappa shape index (κ2) is 8.49. The van der Waals surface area contributed by atoms with Crippen LogP contribution in [-0.4, -0.2) is 51.0 Å². The third-order valence-electron chi connectivity index (χ3n) is 3.78. The zero-order valence-corrected chi connectivity index (χ0v) is 13.5. The molecule has 24 heavy (non-hydrogen) atoms. The van der Waals surface area contributed by atoms with Gasteiger partial charge in [0.05, 0.1) is 6.04 Å². The van der Waals surface area contributed by atoms with E-state index in [2.05, 4.69) is 20.5 Å². The Bertz CT molecular complexity index is 579. The molecule has 2 aromatic heterocycles. The van der Waals surface area contributed by atoms with E-state index < -0.39 is 12.0 Å². The van der Waals surface area contributed by atoms with Crippen LogP contribution >= 0.6 is 0 Å². The summed E-state index contributed by atoms with van der Waals surface area (Å²) in [4.78, 5) is 17.8. The normalized spacial score (nSPS) is 18.1. The van der Waals surface area contributed by atoms with Crippen molar-refractivity contribution in [2.24, 2.45) is 0 Å². The molecule has 0 aliphatic carbocycles. The number of halogens is 2. The Labute approximate surface area is 139 Å². The van der Waals surface area contributed by atoms with Crippen molar-refractivity contribution in [3.63, 3.8) is 0 Å². The van der Waals surface area contributed by atoms with Crippen molar-refractivity contribution in [3.05, 3.63) is 42.9 Å². The Morgan fingerprint density at radius 1 is 1.29 bits per heavy atom. The molecule has 1 aliphatic heterocycles. The van der Waals surface area contributed by atoms with Crippen LogP contribution in [0.5, 0.6) is 0 Å². The first-order valence-electron chi connectivity index (χ1n) is 7.75. The summed E-state index contributed by atoms with van der Waals surface area (Å²) in [5.41, 5.74) is 0. The van der Waals surface area contributed by atoms with Gasteiger partial charge >= 0.3 is 0 Å². The predicted molar refractivity (Wildman–Crippen MR) is 86.7 cm³/mol. The number of carbonyl (C=O) groups excluding carboxylic acids is 1. The number of nitrogens with one attached hydrogen (secondary N) is 2. The minimum absolute atomic E-state index is 0.186. The third kappa shape index (κ3) is 5.69. The van der Waals surface area contributed by atoms with Gasteiger partial charge in [0.25, 0.3) is 5.92 Å². The lowest BCUT2D eigenvalue weighted by atomic mass is 10.0. The molecule has 1 amide bonds. The van der Waals surface area contributed by atoms with Crippen LogP contribution in [0.4, 0.5) is 14.6 Å². The van der Waals surface area contributed by atoms with E-state index in [0.717, 1.165) is 0 Å². The quantitative estimate of drug-likeness (QED) is 0.903. The van der Waals surface area contributed by atoms with Crippen LogP contribution in [-0.2, 0) is 4.79 Å². The molecule has 1 fully saturated rings. The van der Waals surface area contributed by atoms with Gasteiger partial charge in [0.2, 0.25) is 5.91 Å². The number of pyridine rings is 1. The van der Waals surface area contributed by atoms with Gasteiger partial charge in [-0.2, -0.15) is 5.10 Å². The highest BCUT2D eigenvalue weighted by Gasteiger charge is 2.36. The van der Waals surface area contributed by atoms with Crippen LogP contribution in [0, 0.1) is 0 Å². The molecule has 1 atom stereocenters. The number of carbonyl (C=O) groups is 1. The van der Waals surface area contributed by atoms with Crippen molar-refractivity contribution in [1.29, 1.82) is 0 Å². The van der Waals surface area contributed by atoms with E-state index in [-0.39, 0.29) is 31.8 Å². The smallest absolute Gasteiger partial charge is 0.250 e. The number of aromatic nitrogens is 3.